The van der Waals surface area contributed by atoms with Gasteiger partial charge in [0.15, 0.2) is 11.5 Å². The van der Waals surface area contributed by atoms with E-state index >= 15 is 0 Å². The first-order chi connectivity index (χ1) is 20.8. The van der Waals surface area contributed by atoms with Crippen LogP contribution in [0.25, 0.3) is 66.2 Å². The summed E-state index contributed by atoms with van der Waals surface area (Å²) in [6, 6.07) is 33.4. The number of para-hydroxylation sites is 3. The van der Waals surface area contributed by atoms with Crippen molar-refractivity contribution in [3.8, 4) is 28.3 Å². The summed E-state index contributed by atoms with van der Waals surface area (Å²) in [5.41, 5.74) is 11.7. The predicted molar refractivity (Wildman–Crippen MR) is 175 cm³/mol. The Kier molecular flexibility index (Phi) is 5.69. The van der Waals surface area contributed by atoms with Crippen LogP contribution >= 0.6 is 0 Å². The van der Waals surface area contributed by atoms with Crippen molar-refractivity contribution < 1.29 is 24.8 Å². The smallest absolute Gasteiger partial charge is 0.152 e. The average molecular weight is 750 g/mol. The Hall–Kier alpha value is -4.51. The molecule has 1 aliphatic rings. The topological polar surface area (TPSA) is 44.3 Å². The predicted octanol–water partition coefficient (Wildman–Crippen LogP) is 9.62. The minimum atomic E-state index is -0.206. The molecule has 0 saturated heterocycles. The molecule has 0 fully saturated rings. The molecule has 0 unspecified atom stereocenters. The molecule has 4 heterocycles. The van der Waals surface area contributed by atoms with Gasteiger partial charge in [0.2, 0.25) is 0 Å². The van der Waals surface area contributed by atoms with Gasteiger partial charge in [-0.3, -0.25) is 9.97 Å². The zero-order chi connectivity index (χ0) is 29.2. The van der Waals surface area contributed by atoms with Crippen LogP contribution in [0.2, 0.25) is 0 Å². The molecule has 5 aromatic carbocycles. The molecule has 3 aromatic heterocycles. The second-order valence-electron chi connectivity index (χ2n) is 12.8. The maximum absolute atomic E-state index is 6.33. The van der Waals surface area contributed by atoms with Gasteiger partial charge in [-0.25, -0.2) is 0 Å². The average Bonchev–Trinajstić information content (AvgIpc) is 3.53. The van der Waals surface area contributed by atoms with Crippen LogP contribution in [0.5, 0.6) is 11.5 Å². The Morgan fingerprint density at radius 2 is 1.57 bits per heavy atom. The number of aryl methyl sites for hydroxylation is 2. The molecule has 0 spiro atoms. The largest absolute Gasteiger partial charge is 0.453 e. The summed E-state index contributed by atoms with van der Waals surface area (Å²) in [6.07, 6.45) is 0. The number of imidazole rings is 1. The summed E-state index contributed by atoms with van der Waals surface area (Å²) in [5, 5.41) is 3.29. The fourth-order valence-electron chi connectivity index (χ4n) is 6.77. The normalized spacial score (nSPS) is 12.7. The van der Waals surface area contributed by atoms with E-state index in [1.165, 1.54) is 21.9 Å². The van der Waals surface area contributed by atoms with Gasteiger partial charge in [0.25, 0.3) is 0 Å². The Bertz CT molecular complexity index is 2500. The minimum Gasteiger partial charge on any atom is -0.453 e. The Morgan fingerprint density at radius 3 is 2.41 bits per heavy atom. The Labute approximate surface area is 268 Å². The van der Waals surface area contributed by atoms with E-state index in [-0.39, 0.29) is 25.5 Å². The van der Waals surface area contributed by atoms with E-state index in [1.54, 1.807) is 0 Å². The Balaban J connectivity index is 0.00000289. The zero-order valence-corrected chi connectivity index (χ0v) is 27.5. The molecular weight excluding hydrogens is 721 g/mol. The summed E-state index contributed by atoms with van der Waals surface area (Å²) < 4.78 is 10.9. The van der Waals surface area contributed by atoms with E-state index in [1.807, 2.05) is 18.2 Å². The first kappa shape index (κ1) is 27.1. The van der Waals surface area contributed by atoms with Crippen molar-refractivity contribution in [1.82, 2.24) is 18.9 Å². The van der Waals surface area contributed by atoms with Crippen LogP contribution in [0.3, 0.4) is 0 Å². The standard InChI is InChI=1S/C38H29N4O.Ir/c1-21-18-28-31(19-22(21)2)42-36(39-28)26-12-8-10-24(34(26)40-37(42)38(3,4)5)23-16-17-29-27(20-23)25-11-9-15-33-35(25)41(29)30-13-6-7-14-32(30)43-33;/h6-11,13-20H,1-5H3;/q-1;. The van der Waals surface area contributed by atoms with Gasteiger partial charge in [-0.2, -0.15) is 0 Å². The number of ether oxygens (including phenoxy) is 1. The van der Waals surface area contributed by atoms with E-state index in [0.717, 1.165) is 72.8 Å². The maximum Gasteiger partial charge on any atom is 0.152 e. The fraction of sp³-hybridized carbons (Fsp3) is 0.158. The van der Waals surface area contributed by atoms with Crippen molar-refractivity contribution in [3.63, 3.8) is 0 Å². The molecule has 6 heteroatoms. The Morgan fingerprint density at radius 1 is 0.773 bits per heavy atom. The van der Waals surface area contributed by atoms with Crippen LogP contribution in [0.15, 0.2) is 84.9 Å². The van der Waals surface area contributed by atoms with Gasteiger partial charge >= 0.3 is 0 Å². The molecular formula is C38H29IrN4O-. The zero-order valence-electron chi connectivity index (χ0n) is 25.1. The molecule has 9 rings (SSSR count). The monoisotopic (exact) mass is 750 g/mol. The van der Waals surface area contributed by atoms with Gasteiger partial charge in [-0.15, -0.1) is 18.2 Å². The van der Waals surface area contributed by atoms with E-state index in [4.69, 9.17) is 14.7 Å². The molecule has 0 atom stereocenters. The molecule has 0 amide bonds. The van der Waals surface area contributed by atoms with Crippen molar-refractivity contribution in [3.05, 3.63) is 108 Å². The molecule has 1 radical (unpaired) electrons. The quantitative estimate of drug-likeness (QED) is 0.157. The summed E-state index contributed by atoms with van der Waals surface area (Å²) >= 11 is 0. The van der Waals surface area contributed by atoms with Crippen LogP contribution in [0.1, 0.15) is 37.7 Å². The molecule has 0 aliphatic carbocycles. The number of hydrogen-bond acceptors (Lipinski definition) is 3. The van der Waals surface area contributed by atoms with E-state index in [0.29, 0.717) is 0 Å². The molecule has 44 heavy (non-hydrogen) atoms. The van der Waals surface area contributed by atoms with Crippen LogP contribution in [0, 0.1) is 19.9 Å². The van der Waals surface area contributed by atoms with E-state index < -0.39 is 0 Å². The molecule has 0 N–H and O–H groups in total. The number of aromatic nitrogens is 4. The van der Waals surface area contributed by atoms with Crippen molar-refractivity contribution in [2.75, 3.05) is 0 Å². The molecule has 217 valence electrons. The first-order valence-corrected chi connectivity index (χ1v) is 14.8. The van der Waals surface area contributed by atoms with Gasteiger partial charge in [-0.05, 0) is 78.5 Å². The van der Waals surface area contributed by atoms with Crippen molar-refractivity contribution in [2.45, 2.75) is 40.0 Å². The summed E-state index contributed by atoms with van der Waals surface area (Å²) in [6.45, 7) is 11.0. The van der Waals surface area contributed by atoms with Gasteiger partial charge in [-0.1, -0.05) is 62.1 Å². The van der Waals surface area contributed by atoms with E-state index in [9.17, 15) is 0 Å². The molecule has 5 nitrogen and oxygen atoms in total. The maximum atomic E-state index is 6.33. The summed E-state index contributed by atoms with van der Waals surface area (Å²) in [7, 11) is 0. The molecule has 0 saturated carbocycles. The van der Waals surface area contributed by atoms with Crippen LogP contribution in [-0.2, 0) is 25.5 Å². The number of nitrogens with zero attached hydrogens (tertiary/aromatic N) is 4. The molecule has 8 aromatic rings. The molecule has 1 aliphatic heterocycles. The number of fused-ring (bicyclic) bond motifs is 10. The second kappa shape index (κ2) is 9.25. The van der Waals surface area contributed by atoms with E-state index in [2.05, 4.69) is 116 Å². The van der Waals surface area contributed by atoms with Crippen molar-refractivity contribution in [2.24, 2.45) is 0 Å². The summed E-state index contributed by atoms with van der Waals surface area (Å²) in [5.74, 6) is 2.74. The van der Waals surface area contributed by atoms with Crippen LogP contribution in [0.4, 0.5) is 0 Å². The third kappa shape index (κ3) is 3.62. The first-order valence-electron chi connectivity index (χ1n) is 14.8. The SMILES string of the molecule is Cc1cc2nc3c4[c-]ccc(-c5ccc6c(c5)c5cccc7c5n6-c5ccccc5O7)c4nc(C(C)(C)C)n3c2cc1C.[Ir]. The molecule has 0 bridgehead atoms. The number of benzene rings is 5. The second-order valence-corrected chi connectivity index (χ2v) is 12.8. The van der Waals surface area contributed by atoms with Crippen molar-refractivity contribution >= 4 is 49.4 Å². The van der Waals surface area contributed by atoms with Gasteiger partial charge < -0.3 is 13.7 Å². The van der Waals surface area contributed by atoms with Crippen LogP contribution < -0.4 is 4.74 Å². The number of rotatable bonds is 1. The van der Waals surface area contributed by atoms with Gasteiger partial charge in [0, 0.05) is 36.3 Å². The number of hydrogen-bond donors (Lipinski definition) is 0. The van der Waals surface area contributed by atoms with Gasteiger partial charge in [0.1, 0.15) is 5.82 Å². The van der Waals surface area contributed by atoms with Gasteiger partial charge in [0.05, 0.1) is 33.4 Å². The minimum absolute atomic E-state index is 0. The summed E-state index contributed by atoms with van der Waals surface area (Å²) in [4.78, 5) is 10.6. The third-order valence-electron chi connectivity index (χ3n) is 8.95. The van der Waals surface area contributed by atoms with Crippen LogP contribution in [-0.4, -0.2) is 18.9 Å². The third-order valence-corrected chi connectivity index (χ3v) is 8.95. The fourth-order valence-corrected chi connectivity index (χ4v) is 6.77. The van der Waals surface area contributed by atoms with Crippen molar-refractivity contribution in [1.29, 1.82) is 0 Å².